The maximum atomic E-state index is 12.2. The average Bonchev–Trinajstić information content (AvgIpc) is 3.29. The molecule has 2 heterocycles. The summed E-state index contributed by atoms with van der Waals surface area (Å²) in [6.07, 6.45) is 5.01. The number of nitrogens with zero attached hydrogens (tertiary/aromatic N) is 2. The van der Waals surface area contributed by atoms with Gasteiger partial charge in [-0.2, -0.15) is 0 Å². The van der Waals surface area contributed by atoms with E-state index in [-0.39, 0.29) is 5.91 Å². The standard InChI is InChI=1S/C18H18N4OS/c23-17(16-11-24-18(22-16)21-14-5-6-14)19-8-7-12-9-13-3-1-2-4-15(13)20-10-12/h1-4,9-11,14H,5-8H2,(H,19,23)(H,21,22). The molecule has 0 spiro atoms. The van der Waals surface area contributed by atoms with E-state index in [0.29, 0.717) is 18.3 Å². The van der Waals surface area contributed by atoms with E-state index in [4.69, 9.17) is 0 Å². The van der Waals surface area contributed by atoms with Crippen molar-refractivity contribution in [3.05, 3.63) is 53.2 Å². The van der Waals surface area contributed by atoms with E-state index in [1.54, 1.807) is 5.38 Å². The molecule has 2 aromatic heterocycles. The van der Waals surface area contributed by atoms with Crippen LogP contribution in [0.5, 0.6) is 0 Å². The first-order chi connectivity index (χ1) is 11.8. The van der Waals surface area contributed by atoms with Gasteiger partial charge in [0.25, 0.3) is 5.91 Å². The highest BCUT2D eigenvalue weighted by atomic mass is 32.1. The Morgan fingerprint density at radius 2 is 2.17 bits per heavy atom. The fourth-order valence-corrected chi connectivity index (χ4v) is 3.28. The normalized spacial score (nSPS) is 13.8. The van der Waals surface area contributed by atoms with Crippen LogP contribution in [0.2, 0.25) is 0 Å². The number of fused-ring (bicyclic) bond motifs is 1. The number of thiazole rings is 1. The number of hydrogen-bond acceptors (Lipinski definition) is 5. The van der Waals surface area contributed by atoms with Gasteiger partial charge in [0, 0.05) is 29.5 Å². The Morgan fingerprint density at radius 1 is 1.29 bits per heavy atom. The molecule has 0 aliphatic heterocycles. The molecule has 0 saturated heterocycles. The Bertz CT molecular complexity index is 872. The molecule has 0 unspecified atom stereocenters. The summed E-state index contributed by atoms with van der Waals surface area (Å²) in [5, 5.41) is 10.00. The number of hydrogen-bond donors (Lipinski definition) is 2. The molecule has 122 valence electrons. The van der Waals surface area contributed by atoms with Gasteiger partial charge in [0.2, 0.25) is 0 Å². The molecule has 1 saturated carbocycles. The monoisotopic (exact) mass is 338 g/mol. The second-order valence-electron chi connectivity index (χ2n) is 6.00. The molecule has 0 bridgehead atoms. The zero-order valence-electron chi connectivity index (χ0n) is 13.2. The van der Waals surface area contributed by atoms with Crippen molar-refractivity contribution in [2.24, 2.45) is 0 Å². The van der Waals surface area contributed by atoms with Crippen LogP contribution >= 0.6 is 11.3 Å². The van der Waals surface area contributed by atoms with E-state index in [0.717, 1.165) is 28.0 Å². The third-order valence-electron chi connectivity index (χ3n) is 3.99. The van der Waals surface area contributed by atoms with Gasteiger partial charge in [-0.15, -0.1) is 11.3 Å². The molecular formula is C18H18N4OS. The lowest BCUT2D eigenvalue weighted by atomic mass is 10.1. The summed E-state index contributed by atoms with van der Waals surface area (Å²) in [5.74, 6) is -0.121. The predicted molar refractivity (Wildman–Crippen MR) is 96.5 cm³/mol. The maximum absolute atomic E-state index is 12.2. The highest BCUT2D eigenvalue weighted by Crippen LogP contribution is 2.26. The van der Waals surface area contributed by atoms with Crippen LogP contribution in [-0.4, -0.2) is 28.5 Å². The molecule has 6 heteroatoms. The molecule has 3 aromatic rings. The molecule has 1 fully saturated rings. The Labute approximate surface area is 144 Å². The number of rotatable bonds is 6. The first-order valence-corrected chi connectivity index (χ1v) is 9.00. The van der Waals surface area contributed by atoms with Crippen LogP contribution in [0.3, 0.4) is 0 Å². The van der Waals surface area contributed by atoms with E-state index >= 15 is 0 Å². The van der Waals surface area contributed by atoms with Gasteiger partial charge in [0.15, 0.2) is 5.13 Å². The third kappa shape index (κ3) is 3.54. The molecule has 5 nitrogen and oxygen atoms in total. The summed E-state index contributed by atoms with van der Waals surface area (Å²) in [5.41, 5.74) is 2.59. The molecule has 4 rings (SSSR count). The van der Waals surface area contributed by atoms with Gasteiger partial charge in [-0.1, -0.05) is 18.2 Å². The summed E-state index contributed by atoms with van der Waals surface area (Å²) in [4.78, 5) is 20.9. The highest BCUT2D eigenvalue weighted by Gasteiger charge is 2.22. The Morgan fingerprint density at radius 3 is 3.04 bits per heavy atom. The van der Waals surface area contributed by atoms with Crippen LogP contribution in [0.25, 0.3) is 10.9 Å². The summed E-state index contributed by atoms with van der Waals surface area (Å²) in [6, 6.07) is 10.7. The topological polar surface area (TPSA) is 66.9 Å². The SMILES string of the molecule is O=C(NCCc1cnc2ccccc2c1)c1csc(NC2CC2)n1. The fraction of sp³-hybridized carbons (Fsp3) is 0.278. The van der Waals surface area contributed by atoms with E-state index in [9.17, 15) is 4.79 Å². The molecule has 1 aliphatic rings. The van der Waals surface area contributed by atoms with Crippen LogP contribution in [0.15, 0.2) is 41.9 Å². The lowest BCUT2D eigenvalue weighted by molar-refractivity contribution is 0.0950. The van der Waals surface area contributed by atoms with E-state index in [1.165, 1.54) is 24.2 Å². The zero-order valence-corrected chi connectivity index (χ0v) is 14.0. The molecular weight excluding hydrogens is 320 g/mol. The van der Waals surface area contributed by atoms with E-state index in [2.05, 4.69) is 26.7 Å². The summed E-state index contributed by atoms with van der Waals surface area (Å²) >= 11 is 1.48. The van der Waals surface area contributed by atoms with Gasteiger partial charge < -0.3 is 10.6 Å². The van der Waals surface area contributed by atoms with E-state index in [1.807, 2.05) is 30.5 Å². The summed E-state index contributed by atoms with van der Waals surface area (Å²) < 4.78 is 0. The van der Waals surface area contributed by atoms with Gasteiger partial charge >= 0.3 is 0 Å². The third-order valence-corrected chi connectivity index (χ3v) is 4.76. The first kappa shape index (κ1) is 15.1. The Kier molecular flexibility index (Phi) is 4.13. The van der Waals surface area contributed by atoms with Crippen molar-refractivity contribution >= 4 is 33.3 Å². The number of carbonyl (C=O) groups is 1. The quantitative estimate of drug-likeness (QED) is 0.724. The van der Waals surface area contributed by atoms with E-state index < -0.39 is 0 Å². The Hall–Kier alpha value is -2.47. The van der Waals surface area contributed by atoms with Crippen molar-refractivity contribution in [2.75, 3.05) is 11.9 Å². The number of amides is 1. The molecule has 24 heavy (non-hydrogen) atoms. The Balaban J connectivity index is 1.32. The smallest absolute Gasteiger partial charge is 0.270 e. The molecule has 0 atom stereocenters. The summed E-state index contributed by atoms with van der Waals surface area (Å²) in [6.45, 7) is 0.571. The van der Waals surface area contributed by atoms with Gasteiger partial charge in [-0.05, 0) is 37.0 Å². The zero-order chi connectivity index (χ0) is 16.4. The lowest BCUT2D eigenvalue weighted by Gasteiger charge is -2.05. The van der Waals surface area contributed by atoms with Crippen molar-refractivity contribution < 1.29 is 4.79 Å². The van der Waals surface area contributed by atoms with Crippen molar-refractivity contribution in [3.63, 3.8) is 0 Å². The lowest BCUT2D eigenvalue weighted by Crippen LogP contribution is -2.26. The number of anilines is 1. The maximum Gasteiger partial charge on any atom is 0.270 e. The summed E-state index contributed by atoms with van der Waals surface area (Å²) in [7, 11) is 0. The predicted octanol–water partition coefficient (Wildman–Crippen LogP) is 3.24. The van der Waals surface area contributed by atoms with Crippen molar-refractivity contribution in [3.8, 4) is 0 Å². The number of benzene rings is 1. The molecule has 2 N–H and O–H groups in total. The van der Waals surface area contributed by atoms with Crippen molar-refractivity contribution in [1.29, 1.82) is 0 Å². The van der Waals surface area contributed by atoms with Crippen LogP contribution in [-0.2, 0) is 6.42 Å². The van der Waals surface area contributed by atoms with Crippen LogP contribution in [0, 0.1) is 0 Å². The largest absolute Gasteiger partial charge is 0.359 e. The van der Waals surface area contributed by atoms with Crippen LogP contribution in [0.1, 0.15) is 28.9 Å². The number of carbonyl (C=O) groups excluding carboxylic acids is 1. The first-order valence-electron chi connectivity index (χ1n) is 8.12. The number of pyridine rings is 1. The van der Waals surface area contributed by atoms with Gasteiger partial charge in [-0.25, -0.2) is 4.98 Å². The van der Waals surface area contributed by atoms with Gasteiger partial charge in [-0.3, -0.25) is 9.78 Å². The average molecular weight is 338 g/mol. The minimum atomic E-state index is -0.121. The molecule has 0 radical (unpaired) electrons. The van der Waals surface area contributed by atoms with Gasteiger partial charge in [0.1, 0.15) is 5.69 Å². The fourth-order valence-electron chi connectivity index (χ4n) is 2.51. The second kappa shape index (κ2) is 6.57. The molecule has 1 aromatic carbocycles. The molecule has 1 aliphatic carbocycles. The second-order valence-corrected chi connectivity index (χ2v) is 6.86. The van der Waals surface area contributed by atoms with Crippen LogP contribution < -0.4 is 10.6 Å². The van der Waals surface area contributed by atoms with Crippen LogP contribution in [0.4, 0.5) is 5.13 Å². The number of nitrogens with one attached hydrogen (secondary N) is 2. The van der Waals surface area contributed by atoms with Crippen molar-refractivity contribution in [2.45, 2.75) is 25.3 Å². The molecule has 1 amide bonds. The highest BCUT2D eigenvalue weighted by molar-refractivity contribution is 7.13. The minimum Gasteiger partial charge on any atom is -0.359 e. The van der Waals surface area contributed by atoms with Crippen molar-refractivity contribution in [1.82, 2.24) is 15.3 Å². The number of aromatic nitrogens is 2. The number of para-hydroxylation sites is 1. The minimum absolute atomic E-state index is 0.121. The van der Waals surface area contributed by atoms with Gasteiger partial charge in [0.05, 0.1) is 5.52 Å².